The van der Waals surface area contributed by atoms with Crippen molar-refractivity contribution in [1.29, 1.82) is 0 Å². The molecule has 0 spiro atoms. The fourth-order valence-corrected chi connectivity index (χ4v) is 4.12. The Morgan fingerprint density at radius 3 is 1.45 bits per heavy atom. The predicted octanol–water partition coefficient (Wildman–Crippen LogP) is 6.43. The van der Waals surface area contributed by atoms with Crippen LogP contribution in [-0.2, 0) is 14.1 Å². The van der Waals surface area contributed by atoms with Crippen LogP contribution in [0.5, 0.6) is 0 Å². The topological polar surface area (TPSA) is 61.7 Å². The zero-order chi connectivity index (χ0) is 24.0. The maximum atomic E-state index is 5.01. The molecule has 0 saturated heterocycles. The van der Waals surface area contributed by atoms with Gasteiger partial charge in [0.05, 0.1) is 17.1 Å². The molecule has 0 aromatic carbocycles. The number of rotatable bonds is 3. The SMILES string of the molecule is Cc1nn(C)c(C)c1C(C)C.Cc1nn(C)cc1C(C)C.Cc1noc(C)c1C(C)C. The van der Waals surface area contributed by atoms with E-state index in [1.165, 1.54) is 28.1 Å². The fourth-order valence-electron chi connectivity index (χ4n) is 4.12. The summed E-state index contributed by atoms with van der Waals surface area (Å²) in [6.45, 7) is 23.2. The molecule has 6 heteroatoms. The Kier molecular flexibility index (Phi) is 9.72. The molecule has 174 valence electrons. The summed E-state index contributed by atoms with van der Waals surface area (Å²) in [5.41, 5.74) is 8.62. The highest BCUT2D eigenvalue weighted by atomic mass is 16.5. The number of aryl methyl sites for hydroxylation is 6. The molecule has 0 fully saturated rings. The second-order valence-corrected chi connectivity index (χ2v) is 9.25. The first-order chi connectivity index (χ1) is 14.3. The Labute approximate surface area is 189 Å². The van der Waals surface area contributed by atoms with Crippen LogP contribution in [0.4, 0.5) is 0 Å². The molecule has 0 radical (unpaired) electrons. The Bertz CT molecular complexity index is 938. The van der Waals surface area contributed by atoms with Gasteiger partial charge in [0.15, 0.2) is 0 Å². The van der Waals surface area contributed by atoms with Crippen molar-refractivity contribution < 1.29 is 4.52 Å². The van der Waals surface area contributed by atoms with E-state index in [9.17, 15) is 0 Å². The molecule has 0 atom stereocenters. The van der Waals surface area contributed by atoms with Crippen molar-refractivity contribution >= 4 is 0 Å². The molecular weight excluding hydrogens is 386 g/mol. The van der Waals surface area contributed by atoms with Crippen molar-refractivity contribution in [1.82, 2.24) is 24.7 Å². The number of hydrogen-bond acceptors (Lipinski definition) is 4. The second-order valence-electron chi connectivity index (χ2n) is 9.25. The quantitative estimate of drug-likeness (QED) is 0.481. The van der Waals surface area contributed by atoms with Crippen LogP contribution in [0.1, 0.15) is 105 Å². The van der Waals surface area contributed by atoms with Crippen LogP contribution < -0.4 is 0 Å². The molecular formula is C25H43N5O. The van der Waals surface area contributed by atoms with Gasteiger partial charge in [-0.2, -0.15) is 10.2 Å². The van der Waals surface area contributed by atoms with E-state index >= 15 is 0 Å². The fraction of sp³-hybridized carbons (Fsp3) is 0.640. The van der Waals surface area contributed by atoms with Crippen molar-refractivity contribution in [3.8, 4) is 0 Å². The third kappa shape index (κ3) is 7.08. The summed E-state index contributed by atoms with van der Waals surface area (Å²) in [7, 11) is 3.95. The molecule has 0 aliphatic carbocycles. The molecule has 0 aliphatic heterocycles. The minimum Gasteiger partial charge on any atom is -0.361 e. The highest BCUT2D eigenvalue weighted by Gasteiger charge is 2.12. The summed E-state index contributed by atoms with van der Waals surface area (Å²) >= 11 is 0. The highest BCUT2D eigenvalue weighted by Crippen LogP contribution is 2.22. The van der Waals surface area contributed by atoms with Crippen molar-refractivity contribution in [2.45, 2.75) is 93.9 Å². The van der Waals surface area contributed by atoms with E-state index in [1.807, 2.05) is 37.3 Å². The first-order valence-electron chi connectivity index (χ1n) is 11.2. The van der Waals surface area contributed by atoms with Crippen molar-refractivity contribution in [3.05, 3.63) is 51.4 Å². The van der Waals surface area contributed by atoms with E-state index in [2.05, 4.69) is 83.9 Å². The molecule has 0 amide bonds. The lowest BCUT2D eigenvalue weighted by molar-refractivity contribution is 0.392. The minimum absolute atomic E-state index is 0.520. The predicted molar refractivity (Wildman–Crippen MR) is 129 cm³/mol. The normalized spacial score (nSPS) is 11.0. The first kappa shape index (κ1) is 26.7. The van der Waals surface area contributed by atoms with E-state index in [1.54, 1.807) is 0 Å². The van der Waals surface area contributed by atoms with E-state index in [0.29, 0.717) is 17.8 Å². The van der Waals surface area contributed by atoms with Gasteiger partial charge in [-0.25, -0.2) is 0 Å². The summed E-state index contributed by atoms with van der Waals surface area (Å²) in [6, 6.07) is 0. The molecule has 0 bridgehead atoms. The Balaban J connectivity index is 0.000000233. The van der Waals surface area contributed by atoms with Gasteiger partial charge in [0.2, 0.25) is 0 Å². The number of hydrogen-bond donors (Lipinski definition) is 0. The number of aromatic nitrogens is 5. The molecule has 0 N–H and O–H groups in total. The summed E-state index contributed by atoms with van der Waals surface area (Å²) in [5, 5.41) is 12.5. The van der Waals surface area contributed by atoms with Gasteiger partial charge in [0, 0.05) is 31.5 Å². The lowest BCUT2D eigenvalue weighted by Crippen LogP contribution is -1.94. The zero-order valence-corrected chi connectivity index (χ0v) is 22.0. The van der Waals surface area contributed by atoms with Crippen LogP contribution >= 0.6 is 0 Å². The molecule has 3 aromatic heterocycles. The smallest absolute Gasteiger partial charge is 0.137 e. The number of nitrogens with zero attached hydrogens (tertiary/aromatic N) is 5. The van der Waals surface area contributed by atoms with Gasteiger partial charge in [-0.05, 0) is 63.5 Å². The summed E-state index contributed by atoms with van der Waals surface area (Å²) in [4.78, 5) is 0. The van der Waals surface area contributed by atoms with Crippen LogP contribution in [0.2, 0.25) is 0 Å². The molecule has 0 saturated carbocycles. The van der Waals surface area contributed by atoms with E-state index in [4.69, 9.17) is 4.52 Å². The lowest BCUT2D eigenvalue weighted by atomic mass is 10.0. The maximum absolute atomic E-state index is 5.01. The standard InChI is InChI=1S/C9H16N2.C8H14N2.C8H13NO/c1-6(2)9-7(3)10-11(5)8(9)4;1-6(2)8-5-10(4)9-7(8)3;1-5(2)8-6(3)9-10-7(8)4/h6H,1-5H3;5-6H,1-4H3;5H,1-4H3. The van der Waals surface area contributed by atoms with Gasteiger partial charge in [-0.15, -0.1) is 0 Å². The van der Waals surface area contributed by atoms with Crippen LogP contribution in [0, 0.1) is 34.6 Å². The van der Waals surface area contributed by atoms with Crippen LogP contribution in [0.25, 0.3) is 0 Å². The Morgan fingerprint density at radius 2 is 1.26 bits per heavy atom. The molecule has 3 heterocycles. The molecule has 0 aliphatic rings. The van der Waals surface area contributed by atoms with Gasteiger partial charge in [0.1, 0.15) is 5.76 Å². The van der Waals surface area contributed by atoms with Gasteiger partial charge in [0.25, 0.3) is 0 Å². The summed E-state index contributed by atoms with van der Waals surface area (Å²) in [6.07, 6.45) is 2.08. The van der Waals surface area contributed by atoms with Crippen molar-refractivity contribution in [3.63, 3.8) is 0 Å². The largest absolute Gasteiger partial charge is 0.361 e. The van der Waals surface area contributed by atoms with E-state index in [-0.39, 0.29) is 0 Å². The van der Waals surface area contributed by atoms with Crippen LogP contribution in [-0.4, -0.2) is 24.7 Å². The maximum Gasteiger partial charge on any atom is 0.137 e. The van der Waals surface area contributed by atoms with Crippen LogP contribution in [0.15, 0.2) is 10.7 Å². The Morgan fingerprint density at radius 1 is 0.710 bits per heavy atom. The average molecular weight is 430 g/mol. The molecule has 3 aromatic rings. The zero-order valence-electron chi connectivity index (χ0n) is 22.0. The monoisotopic (exact) mass is 429 g/mol. The molecule has 31 heavy (non-hydrogen) atoms. The third-order valence-corrected chi connectivity index (χ3v) is 5.48. The van der Waals surface area contributed by atoms with Crippen molar-refractivity contribution in [2.24, 2.45) is 14.1 Å². The lowest BCUT2D eigenvalue weighted by Gasteiger charge is -2.04. The second kappa shape index (κ2) is 11.3. The van der Waals surface area contributed by atoms with Crippen LogP contribution in [0.3, 0.4) is 0 Å². The molecule has 3 rings (SSSR count). The highest BCUT2D eigenvalue weighted by molar-refractivity contribution is 5.27. The summed E-state index contributed by atoms with van der Waals surface area (Å²) in [5.74, 6) is 2.65. The molecule has 0 unspecified atom stereocenters. The first-order valence-corrected chi connectivity index (χ1v) is 11.2. The van der Waals surface area contributed by atoms with Gasteiger partial charge >= 0.3 is 0 Å². The van der Waals surface area contributed by atoms with Crippen molar-refractivity contribution in [2.75, 3.05) is 0 Å². The van der Waals surface area contributed by atoms with Gasteiger partial charge < -0.3 is 4.52 Å². The van der Waals surface area contributed by atoms with Gasteiger partial charge in [-0.3, -0.25) is 9.36 Å². The Hall–Kier alpha value is -2.37. The third-order valence-electron chi connectivity index (χ3n) is 5.48. The molecule has 6 nitrogen and oxygen atoms in total. The average Bonchev–Trinajstić information content (AvgIpc) is 3.24. The minimum atomic E-state index is 0.520. The summed E-state index contributed by atoms with van der Waals surface area (Å²) < 4.78 is 8.82. The van der Waals surface area contributed by atoms with E-state index < -0.39 is 0 Å². The van der Waals surface area contributed by atoms with Gasteiger partial charge in [-0.1, -0.05) is 46.7 Å². The van der Waals surface area contributed by atoms with E-state index in [0.717, 1.165) is 17.1 Å².